The highest BCUT2D eigenvalue weighted by atomic mass is 32.2. The van der Waals surface area contributed by atoms with Crippen LogP contribution in [0, 0.1) is 5.92 Å². The van der Waals surface area contributed by atoms with Crippen molar-refractivity contribution in [2.75, 3.05) is 25.0 Å². The van der Waals surface area contributed by atoms with E-state index in [-0.39, 0.29) is 17.3 Å². The zero-order chi connectivity index (χ0) is 19.3. The lowest BCUT2D eigenvalue weighted by Gasteiger charge is -2.31. The minimum absolute atomic E-state index is 0.180. The maximum atomic E-state index is 12.8. The van der Waals surface area contributed by atoms with Gasteiger partial charge in [0.15, 0.2) is 0 Å². The minimum Gasteiger partial charge on any atom is -0.492 e. The molecular formula is C20H24N2O4S. The summed E-state index contributed by atoms with van der Waals surface area (Å²) in [5, 5.41) is 2.89. The van der Waals surface area contributed by atoms with Crippen molar-refractivity contribution in [3.8, 4) is 5.75 Å². The maximum Gasteiger partial charge on any atom is 0.243 e. The second kappa shape index (κ2) is 8.54. The Morgan fingerprint density at radius 2 is 1.85 bits per heavy atom. The molecule has 1 fully saturated rings. The first-order valence-electron chi connectivity index (χ1n) is 9.10. The third kappa shape index (κ3) is 4.48. The van der Waals surface area contributed by atoms with Gasteiger partial charge < -0.3 is 10.1 Å². The summed E-state index contributed by atoms with van der Waals surface area (Å²) in [4.78, 5) is 13.0. The third-order valence-electron chi connectivity index (χ3n) is 4.58. The number of carbonyl (C=O) groups is 1. The van der Waals surface area contributed by atoms with Crippen LogP contribution in [0.1, 0.15) is 19.8 Å². The number of sulfonamides is 1. The van der Waals surface area contributed by atoms with Crippen LogP contribution in [0.3, 0.4) is 0 Å². The lowest BCUT2D eigenvalue weighted by molar-refractivity contribution is -0.120. The molecule has 27 heavy (non-hydrogen) atoms. The number of carbonyl (C=O) groups excluding carboxylic acids is 1. The third-order valence-corrected chi connectivity index (χ3v) is 6.46. The van der Waals surface area contributed by atoms with E-state index in [1.165, 1.54) is 4.31 Å². The van der Waals surface area contributed by atoms with Crippen LogP contribution < -0.4 is 10.1 Å². The molecule has 0 radical (unpaired) electrons. The molecule has 0 aromatic heterocycles. The smallest absolute Gasteiger partial charge is 0.243 e. The minimum atomic E-state index is -3.59. The van der Waals surface area contributed by atoms with Crippen molar-refractivity contribution in [1.29, 1.82) is 0 Å². The number of para-hydroxylation sites is 2. The van der Waals surface area contributed by atoms with E-state index in [0.717, 1.165) is 0 Å². The molecule has 6 nitrogen and oxygen atoms in total. The first-order valence-corrected chi connectivity index (χ1v) is 10.5. The molecule has 1 saturated heterocycles. The van der Waals surface area contributed by atoms with Crippen LogP contribution in [0.2, 0.25) is 0 Å². The highest BCUT2D eigenvalue weighted by molar-refractivity contribution is 7.89. The van der Waals surface area contributed by atoms with Crippen LogP contribution in [0.4, 0.5) is 5.69 Å². The SMILES string of the molecule is CCOc1ccccc1NC(=O)[C@@H]1CCCN(S(=O)(=O)c2ccccc2)C1. The van der Waals surface area contributed by atoms with Crippen molar-refractivity contribution in [2.45, 2.75) is 24.7 Å². The Morgan fingerprint density at radius 1 is 1.15 bits per heavy atom. The zero-order valence-electron chi connectivity index (χ0n) is 15.3. The van der Waals surface area contributed by atoms with Crippen LogP contribution in [0.5, 0.6) is 5.75 Å². The second-order valence-corrected chi connectivity index (χ2v) is 8.37. The Bertz CT molecular complexity index is 884. The molecule has 1 heterocycles. The van der Waals surface area contributed by atoms with Crippen LogP contribution in [-0.4, -0.2) is 38.3 Å². The Morgan fingerprint density at radius 3 is 2.59 bits per heavy atom. The van der Waals surface area contributed by atoms with E-state index in [9.17, 15) is 13.2 Å². The van der Waals surface area contributed by atoms with Gasteiger partial charge in [0.05, 0.1) is 23.1 Å². The molecule has 2 aromatic carbocycles. The molecule has 3 rings (SSSR count). The number of nitrogens with one attached hydrogen (secondary N) is 1. The average Bonchev–Trinajstić information content (AvgIpc) is 2.70. The summed E-state index contributed by atoms with van der Waals surface area (Å²) < 4.78 is 32.6. The molecule has 7 heteroatoms. The van der Waals surface area contributed by atoms with Gasteiger partial charge in [0, 0.05) is 13.1 Å². The number of piperidine rings is 1. The molecule has 1 amide bonds. The number of nitrogens with zero attached hydrogens (tertiary/aromatic N) is 1. The normalized spacial score (nSPS) is 18.0. The summed E-state index contributed by atoms with van der Waals surface area (Å²) >= 11 is 0. The van der Waals surface area contributed by atoms with Crippen LogP contribution in [0.15, 0.2) is 59.5 Å². The van der Waals surface area contributed by atoms with Gasteiger partial charge in [-0.25, -0.2) is 8.42 Å². The molecule has 0 unspecified atom stereocenters. The summed E-state index contributed by atoms with van der Waals surface area (Å²) in [6.07, 6.45) is 1.31. The zero-order valence-corrected chi connectivity index (χ0v) is 16.1. The van der Waals surface area contributed by atoms with Gasteiger partial charge in [-0.2, -0.15) is 4.31 Å². The number of hydrogen-bond acceptors (Lipinski definition) is 4. The Balaban J connectivity index is 1.72. The van der Waals surface area contributed by atoms with Crippen molar-refractivity contribution in [2.24, 2.45) is 5.92 Å². The fraction of sp³-hybridized carbons (Fsp3) is 0.350. The van der Waals surface area contributed by atoms with Crippen LogP contribution in [-0.2, 0) is 14.8 Å². The van der Waals surface area contributed by atoms with E-state index in [1.807, 2.05) is 19.1 Å². The number of rotatable bonds is 6. The van der Waals surface area contributed by atoms with Gasteiger partial charge in [-0.05, 0) is 44.0 Å². The molecule has 2 aromatic rings. The van der Waals surface area contributed by atoms with Crippen molar-refractivity contribution in [3.05, 3.63) is 54.6 Å². The predicted molar refractivity (Wildman–Crippen MR) is 104 cm³/mol. The number of amides is 1. The highest BCUT2D eigenvalue weighted by Gasteiger charge is 2.33. The molecule has 144 valence electrons. The monoisotopic (exact) mass is 388 g/mol. The Hall–Kier alpha value is -2.38. The van der Waals surface area contributed by atoms with Crippen LogP contribution >= 0.6 is 0 Å². The van der Waals surface area contributed by atoms with E-state index in [2.05, 4.69) is 5.32 Å². The molecule has 0 saturated carbocycles. The number of benzene rings is 2. The van der Waals surface area contributed by atoms with E-state index < -0.39 is 15.9 Å². The quantitative estimate of drug-likeness (QED) is 0.825. The van der Waals surface area contributed by atoms with Crippen molar-refractivity contribution < 1.29 is 17.9 Å². The van der Waals surface area contributed by atoms with Gasteiger partial charge in [0.1, 0.15) is 5.75 Å². The van der Waals surface area contributed by atoms with Crippen molar-refractivity contribution in [3.63, 3.8) is 0 Å². The lowest BCUT2D eigenvalue weighted by atomic mass is 9.98. The first-order chi connectivity index (χ1) is 13.0. The van der Waals surface area contributed by atoms with Gasteiger partial charge in [-0.15, -0.1) is 0 Å². The van der Waals surface area contributed by atoms with E-state index in [4.69, 9.17) is 4.74 Å². The van der Waals surface area contributed by atoms with Gasteiger partial charge in [-0.1, -0.05) is 30.3 Å². The summed E-state index contributed by atoms with van der Waals surface area (Å²) in [7, 11) is -3.59. The van der Waals surface area contributed by atoms with Gasteiger partial charge >= 0.3 is 0 Å². The topological polar surface area (TPSA) is 75.7 Å². The predicted octanol–water partition coefficient (Wildman–Crippen LogP) is 3.12. The van der Waals surface area contributed by atoms with Gasteiger partial charge in [0.25, 0.3) is 0 Å². The molecule has 1 aliphatic heterocycles. The summed E-state index contributed by atoms with van der Waals surface area (Å²) in [6.45, 7) is 2.99. The van der Waals surface area contributed by atoms with E-state index in [1.54, 1.807) is 42.5 Å². The molecule has 1 aliphatic rings. The molecule has 0 aliphatic carbocycles. The number of ether oxygens (including phenoxy) is 1. The molecule has 1 atom stereocenters. The van der Waals surface area contributed by atoms with Crippen molar-refractivity contribution in [1.82, 2.24) is 4.31 Å². The fourth-order valence-electron chi connectivity index (χ4n) is 3.20. The molecule has 0 bridgehead atoms. The van der Waals surface area contributed by atoms with Crippen LogP contribution in [0.25, 0.3) is 0 Å². The van der Waals surface area contributed by atoms with Gasteiger partial charge in [-0.3, -0.25) is 4.79 Å². The van der Waals surface area contributed by atoms with Crippen molar-refractivity contribution >= 4 is 21.6 Å². The fourth-order valence-corrected chi connectivity index (χ4v) is 4.75. The summed E-state index contributed by atoms with van der Waals surface area (Å²) in [5.41, 5.74) is 0.604. The maximum absolute atomic E-state index is 12.8. The van der Waals surface area contributed by atoms with E-state index in [0.29, 0.717) is 37.4 Å². The molecular weight excluding hydrogens is 364 g/mol. The highest BCUT2D eigenvalue weighted by Crippen LogP contribution is 2.27. The van der Waals surface area contributed by atoms with Gasteiger partial charge in [0.2, 0.25) is 15.9 Å². The molecule has 1 N–H and O–H groups in total. The summed E-state index contributed by atoms with van der Waals surface area (Å²) in [5.74, 6) is 0.0277. The molecule has 0 spiro atoms. The summed E-state index contributed by atoms with van der Waals surface area (Å²) in [6, 6.07) is 15.6. The number of hydrogen-bond donors (Lipinski definition) is 1. The lowest BCUT2D eigenvalue weighted by Crippen LogP contribution is -2.43. The first kappa shape index (κ1) is 19.4. The Kier molecular flexibility index (Phi) is 6.13. The Labute approximate surface area is 160 Å². The average molecular weight is 388 g/mol. The standard InChI is InChI=1S/C20H24N2O4S/c1-2-26-19-13-7-6-12-18(19)21-20(23)16-9-8-14-22(15-16)27(24,25)17-10-4-3-5-11-17/h3-7,10-13,16H,2,8-9,14-15H2,1H3,(H,21,23)/t16-/m1/s1. The second-order valence-electron chi connectivity index (χ2n) is 6.43. The largest absolute Gasteiger partial charge is 0.492 e. The van der Waals surface area contributed by atoms with E-state index >= 15 is 0 Å². The number of anilines is 1.